The molecule has 0 aromatic carbocycles. The van der Waals surface area contributed by atoms with E-state index in [0.29, 0.717) is 5.92 Å². The van der Waals surface area contributed by atoms with Crippen molar-refractivity contribution in [2.45, 2.75) is 122 Å². The van der Waals surface area contributed by atoms with Crippen LogP contribution in [0.2, 0.25) is 18.1 Å². The molecule has 0 aromatic heterocycles. The monoisotopic (exact) mass is 544 g/mol. The molecule has 0 spiro atoms. The molecule has 0 aliphatic carbocycles. The Morgan fingerprint density at radius 2 is 1.84 bits per heavy atom. The summed E-state index contributed by atoms with van der Waals surface area (Å²) in [5.74, 6) is -1.72. The number of esters is 1. The summed E-state index contributed by atoms with van der Waals surface area (Å²) in [6.07, 6.45) is -4.11. The zero-order valence-electron chi connectivity index (χ0n) is 23.9. The minimum absolute atomic E-state index is 0.136. The average molecular weight is 545 g/mol. The maximum Gasteiger partial charge on any atom is 0.328 e. The molecule has 2 aliphatic rings. The molecule has 2 fully saturated rings. The number of nitrogens with one attached hydrogen (secondary N) is 1. The van der Waals surface area contributed by atoms with Crippen molar-refractivity contribution >= 4 is 20.2 Å². The highest BCUT2D eigenvalue weighted by atomic mass is 28.4. The molecule has 2 heterocycles. The van der Waals surface area contributed by atoms with Crippen molar-refractivity contribution in [1.29, 1.82) is 0 Å². The lowest BCUT2D eigenvalue weighted by Crippen LogP contribution is -2.67. The van der Waals surface area contributed by atoms with E-state index in [2.05, 4.69) is 60.9 Å². The molecule has 1 amide bonds. The third-order valence-corrected chi connectivity index (χ3v) is 12.4. The Kier molecular flexibility index (Phi) is 10.2. The fourth-order valence-corrected chi connectivity index (χ4v) is 6.72. The smallest absolute Gasteiger partial charge is 0.328 e. The Morgan fingerprint density at radius 1 is 1.22 bits per heavy atom. The quantitative estimate of drug-likeness (QED) is 0.144. The van der Waals surface area contributed by atoms with Crippen LogP contribution in [0.4, 0.5) is 0 Å². The van der Waals surface area contributed by atoms with Crippen molar-refractivity contribution in [3.63, 3.8) is 0 Å². The summed E-state index contributed by atoms with van der Waals surface area (Å²) in [5.41, 5.74) is 9.46. The van der Waals surface area contributed by atoms with Crippen molar-refractivity contribution in [2.75, 3.05) is 13.7 Å². The van der Waals surface area contributed by atoms with Crippen molar-refractivity contribution < 1.29 is 37.7 Å². The number of methoxy groups -OCH3 is 1. The number of nitrogens with zero attached hydrogens (tertiary/aromatic N) is 3. The number of rotatable bonds is 10. The number of ether oxygens (including phenoxy) is 5. The minimum Gasteiger partial charge on any atom is -0.467 e. The third-order valence-electron chi connectivity index (χ3n) is 7.86. The number of fused-ring (bicyclic) bond motifs is 1. The van der Waals surface area contributed by atoms with Crippen LogP contribution in [0.25, 0.3) is 10.4 Å². The van der Waals surface area contributed by atoms with E-state index in [1.807, 2.05) is 0 Å². The largest absolute Gasteiger partial charge is 0.467 e. The SMILES string of the molecule is COC(=O)[C@H](C)NC(=O)[C@@H](C)O[C@@H]1[C@@H](N=[N+]=[N-])[C@H](O[Si](C)(C)C(C)(C)C(C)C)O[C@@H]2COC(C)(C)O[C@@H]12. The Morgan fingerprint density at radius 3 is 2.38 bits per heavy atom. The van der Waals surface area contributed by atoms with Crippen LogP contribution in [0.15, 0.2) is 5.11 Å². The minimum atomic E-state index is -2.44. The molecular formula is C24H44N4O8Si. The second-order valence-corrected chi connectivity index (χ2v) is 16.1. The molecule has 0 bridgehead atoms. The zero-order chi connectivity index (χ0) is 28.3. The second-order valence-electron chi connectivity index (χ2n) is 11.5. The predicted octanol–water partition coefficient (Wildman–Crippen LogP) is 3.65. The van der Waals surface area contributed by atoms with E-state index in [-0.39, 0.29) is 11.6 Å². The van der Waals surface area contributed by atoms with E-state index >= 15 is 0 Å². The maximum atomic E-state index is 12.8. The number of carbonyl (C=O) groups is 2. The summed E-state index contributed by atoms with van der Waals surface area (Å²) in [6.45, 7) is 19.6. The summed E-state index contributed by atoms with van der Waals surface area (Å²) in [4.78, 5) is 27.7. The van der Waals surface area contributed by atoms with Gasteiger partial charge in [0.2, 0.25) is 5.91 Å². The van der Waals surface area contributed by atoms with E-state index in [1.54, 1.807) is 20.8 Å². The lowest BCUT2D eigenvalue weighted by atomic mass is 9.95. The van der Waals surface area contributed by atoms with E-state index in [4.69, 9.17) is 23.4 Å². The lowest BCUT2D eigenvalue weighted by molar-refractivity contribution is -0.365. The first kappa shape index (κ1) is 31.5. The average Bonchev–Trinajstić information content (AvgIpc) is 2.79. The van der Waals surface area contributed by atoms with Gasteiger partial charge in [0.15, 0.2) is 20.4 Å². The molecule has 212 valence electrons. The Hall–Kier alpha value is -1.73. The van der Waals surface area contributed by atoms with E-state index in [1.165, 1.54) is 14.0 Å². The van der Waals surface area contributed by atoms with Gasteiger partial charge >= 0.3 is 5.97 Å². The van der Waals surface area contributed by atoms with Crippen molar-refractivity contribution in [1.82, 2.24) is 5.32 Å². The van der Waals surface area contributed by atoms with Gasteiger partial charge in [0.25, 0.3) is 0 Å². The topological polar surface area (TPSA) is 150 Å². The van der Waals surface area contributed by atoms with Crippen LogP contribution in [0.1, 0.15) is 55.4 Å². The number of hydrogen-bond acceptors (Lipinski definition) is 9. The van der Waals surface area contributed by atoms with Crippen molar-refractivity contribution in [3.8, 4) is 0 Å². The molecule has 0 saturated carbocycles. The predicted molar refractivity (Wildman–Crippen MR) is 138 cm³/mol. The number of hydrogen-bond donors (Lipinski definition) is 1. The van der Waals surface area contributed by atoms with Crippen LogP contribution in [0.3, 0.4) is 0 Å². The normalized spacial score (nSPS) is 29.5. The van der Waals surface area contributed by atoms with Gasteiger partial charge in [-0.3, -0.25) is 4.79 Å². The van der Waals surface area contributed by atoms with Gasteiger partial charge in [-0.05, 0) is 57.3 Å². The summed E-state index contributed by atoms with van der Waals surface area (Å²) < 4.78 is 35.8. The van der Waals surface area contributed by atoms with E-state index < -0.39 is 68.8 Å². The van der Waals surface area contributed by atoms with Crippen LogP contribution in [-0.2, 0) is 37.7 Å². The summed E-state index contributed by atoms with van der Waals surface area (Å²) >= 11 is 0. The first-order valence-electron chi connectivity index (χ1n) is 12.7. The Bertz CT molecular complexity index is 877. The van der Waals surface area contributed by atoms with Crippen LogP contribution in [0, 0.1) is 5.92 Å². The maximum absolute atomic E-state index is 12.8. The first-order valence-corrected chi connectivity index (χ1v) is 15.6. The van der Waals surface area contributed by atoms with Crippen LogP contribution in [-0.4, -0.2) is 82.5 Å². The summed E-state index contributed by atoms with van der Waals surface area (Å²) in [6, 6.07) is -1.80. The molecular weight excluding hydrogens is 500 g/mol. The highest BCUT2D eigenvalue weighted by Crippen LogP contribution is 2.46. The van der Waals surface area contributed by atoms with Gasteiger partial charge in [-0.25, -0.2) is 4.79 Å². The molecule has 13 heteroatoms. The fourth-order valence-electron chi connectivity index (χ4n) is 4.25. The van der Waals surface area contributed by atoms with Gasteiger partial charge in [0.1, 0.15) is 36.5 Å². The highest BCUT2D eigenvalue weighted by Gasteiger charge is 2.55. The molecule has 2 rings (SSSR count). The number of azide groups is 1. The lowest BCUT2D eigenvalue weighted by Gasteiger charge is -2.53. The van der Waals surface area contributed by atoms with Crippen molar-refractivity contribution in [2.24, 2.45) is 11.0 Å². The zero-order valence-corrected chi connectivity index (χ0v) is 24.9. The Labute approximate surface area is 220 Å². The Balaban J connectivity index is 2.39. The van der Waals surface area contributed by atoms with Crippen LogP contribution < -0.4 is 5.32 Å². The third kappa shape index (κ3) is 7.23. The molecule has 0 radical (unpaired) electrons. The summed E-state index contributed by atoms with van der Waals surface area (Å²) in [5, 5.41) is 6.45. The molecule has 1 N–H and O–H groups in total. The van der Waals surface area contributed by atoms with Gasteiger partial charge in [-0.1, -0.05) is 32.8 Å². The van der Waals surface area contributed by atoms with E-state index in [9.17, 15) is 15.1 Å². The van der Waals surface area contributed by atoms with Crippen LogP contribution >= 0.6 is 0 Å². The van der Waals surface area contributed by atoms with Gasteiger partial charge in [0, 0.05) is 4.91 Å². The number of amides is 1. The fraction of sp³-hybridized carbons (Fsp3) is 0.917. The molecule has 2 aliphatic heterocycles. The molecule has 0 unspecified atom stereocenters. The number of carbonyl (C=O) groups excluding carboxylic acids is 2. The second kappa shape index (κ2) is 12.0. The van der Waals surface area contributed by atoms with Gasteiger partial charge < -0.3 is 33.4 Å². The van der Waals surface area contributed by atoms with Gasteiger partial charge in [0.05, 0.1) is 13.7 Å². The summed E-state index contributed by atoms with van der Waals surface area (Å²) in [7, 11) is -1.20. The standard InChI is InChI=1S/C24H44N4O8Si/c1-13(2)23(5,6)37(10,11)36-22-17(27-28-25)19(18-16(34-22)12-32-24(7,8)35-18)33-15(4)20(29)26-14(3)21(30)31-9/h13-19,22H,12H2,1-11H3,(H,26,29)/t14-,15+,16+,17+,18+,19+,22-/m0/s1. The van der Waals surface area contributed by atoms with Gasteiger partial charge in [-0.15, -0.1) is 0 Å². The molecule has 0 aromatic rings. The highest BCUT2D eigenvalue weighted by molar-refractivity contribution is 6.74. The van der Waals surface area contributed by atoms with E-state index in [0.717, 1.165) is 0 Å². The van der Waals surface area contributed by atoms with Crippen molar-refractivity contribution in [3.05, 3.63) is 10.4 Å². The van der Waals surface area contributed by atoms with Crippen LogP contribution in [0.5, 0.6) is 0 Å². The molecule has 37 heavy (non-hydrogen) atoms. The van der Waals surface area contributed by atoms with Gasteiger partial charge in [-0.2, -0.15) is 0 Å². The first-order chi connectivity index (χ1) is 17.0. The molecule has 2 saturated heterocycles. The molecule has 12 nitrogen and oxygen atoms in total. The molecule has 7 atom stereocenters.